The van der Waals surface area contributed by atoms with Gasteiger partial charge in [-0.1, -0.05) is 12.1 Å². The maximum absolute atomic E-state index is 11.9. The lowest BCUT2D eigenvalue weighted by Crippen LogP contribution is -2.46. The summed E-state index contributed by atoms with van der Waals surface area (Å²) in [5.74, 6) is -0.385. The van der Waals surface area contributed by atoms with Crippen LogP contribution in [-0.4, -0.2) is 30.8 Å². The van der Waals surface area contributed by atoms with E-state index >= 15 is 0 Å². The first-order chi connectivity index (χ1) is 8.59. The van der Waals surface area contributed by atoms with Crippen molar-refractivity contribution in [3.63, 3.8) is 0 Å². The molecule has 0 radical (unpaired) electrons. The third-order valence-electron chi connectivity index (χ3n) is 3.16. The van der Waals surface area contributed by atoms with Crippen molar-refractivity contribution in [3.8, 4) is 0 Å². The Bertz CT molecular complexity index is 473. The molecular weight excluding hydrogens is 230 g/mol. The number of fused-ring (bicyclic) bond motifs is 1. The van der Waals surface area contributed by atoms with Gasteiger partial charge in [0.1, 0.15) is 6.04 Å². The summed E-state index contributed by atoms with van der Waals surface area (Å²) in [4.78, 5) is 24.9. The number of anilines is 1. The Hall–Kier alpha value is -1.88. The molecule has 2 rings (SSSR count). The van der Waals surface area contributed by atoms with Crippen LogP contribution in [0.2, 0.25) is 0 Å². The summed E-state index contributed by atoms with van der Waals surface area (Å²) in [5, 5.41) is 0. The number of nitrogens with two attached hydrogens (primary N) is 2. The monoisotopic (exact) mass is 247 g/mol. The standard InChI is InChI=1S/C13H17N3O2/c14-10(13(15)18)8-16-7-3-6-12(17)9-4-1-2-5-11(9)16/h1-2,4-5,10H,3,6-8,14H2,(H2,15,18). The number of amides is 1. The van der Waals surface area contributed by atoms with Gasteiger partial charge in [-0.3, -0.25) is 9.59 Å². The van der Waals surface area contributed by atoms with Crippen LogP contribution in [0.4, 0.5) is 5.69 Å². The first kappa shape index (κ1) is 12.6. The molecule has 0 spiro atoms. The molecule has 1 atom stereocenters. The van der Waals surface area contributed by atoms with E-state index in [0.29, 0.717) is 25.1 Å². The molecule has 0 aromatic heterocycles. The van der Waals surface area contributed by atoms with Crippen molar-refractivity contribution in [1.82, 2.24) is 0 Å². The molecule has 1 aliphatic heterocycles. The highest BCUT2D eigenvalue weighted by Crippen LogP contribution is 2.25. The number of carbonyl (C=O) groups excluding carboxylic acids is 2. The SMILES string of the molecule is NC(=O)C(N)CN1CCCC(=O)c2ccccc21. The fourth-order valence-corrected chi connectivity index (χ4v) is 2.19. The lowest BCUT2D eigenvalue weighted by molar-refractivity contribution is -0.119. The molecule has 1 aliphatic rings. The van der Waals surface area contributed by atoms with Gasteiger partial charge >= 0.3 is 0 Å². The highest BCUT2D eigenvalue weighted by molar-refractivity contribution is 6.02. The van der Waals surface area contributed by atoms with Crippen LogP contribution in [-0.2, 0) is 4.79 Å². The van der Waals surface area contributed by atoms with E-state index in [-0.39, 0.29) is 5.78 Å². The number of rotatable bonds is 3. The fraction of sp³-hybridized carbons (Fsp3) is 0.385. The highest BCUT2D eigenvalue weighted by Gasteiger charge is 2.22. The topological polar surface area (TPSA) is 89.4 Å². The summed E-state index contributed by atoms with van der Waals surface area (Å²) < 4.78 is 0. The van der Waals surface area contributed by atoms with E-state index in [2.05, 4.69) is 0 Å². The maximum atomic E-state index is 11.9. The molecule has 1 aromatic carbocycles. The van der Waals surface area contributed by atoms with E-state index in [0.717, 1.165) is 12.1 Å². The summed E-state index contributed by atoms with van der Waals surface area (Å²) in [5.41, 5.74) is 12.4. The summed E-state index contributed by atoms with van der Waals surface area (Å²) >= 11 is 0. The fourth-order valence-electron chi connectivity index (χ4n) is 2.19. The Balaban J connectivity index is 2.29. The second kappa shape index (κ2) is 5.18. The second-order valence-electron chi connectivity index (χ2n) is 4.50. The number of nitrogens with zero attached hydrogens (tertiary/aromatic N) is 1. The molecule has 0 fully saturated rings. The largest absolute Gasteiger partial charge is 0.369 e. The average molecular weight is 247 g/mol. The molecule has 0 saturated heterocycles. The van der Waals surface area contributed by atoms with Gasteiger partial charge in [0.15, 0.2) is 5.78 Å². The molecule has 1 unspecified atom stereocenters. The molecule has 0 bridgehead atoms. The minimum atomic E-state index is -0.716. The lowest BCUT2D eigenvalue weighted by Gasteiger charge is -2.26. The summed E-state index contributed by atoms with van der Waals surface area (Å²) in [7, 11) is 0. The second-order valence-corrected chi connectivity index (χ2v) is 4.50. The quantitative estimate of drug-likeness (QED) is 0.803. The minimum Gasteiger partial charge on any atom is -0.369 e. The number of hydrogen-bond donors (Lipinski definition) is 2. The number of carbonyl (C=O) groups is 2. The van der Waals surface area contributed by atoms with E-state index in [4.69, 9.17) is 11.5 Å². The van der Waals surface area contributed by atoms with Crippen LogP contribution < -0.4 is 16.4 Å². The van der Waals surface area contributed by atoms with Gasteiger partial charge in [0, 0.05) is 30.8 Å². The molecule has 1 aromatic rings. The zero-order valence-corrected chi connectivity index (χ0v) is 10.1. The van der Waals surface area contributed by atoms with E-state index in [1.807, 2.05) is 29.2 Å². The van der Waals surface area contributed by atoms with Crippen LogP contribution in [0.25, 0.3) is 0 Å². The van der Waals surface area contributed by atoms with Crippen molar-refractivity contribution in [2.45, 2.75) is 18.9 Å². The van der Waals surface area contributed by atoms with Crippen LogP contribution >= 0.6 is 0 Å². The Labute approximate surface area is 106 Å². The van der Waals surface area contributed by atoms with Gasteiger partial charge in [-0.25, -0.2) is 0 Å². The lowest BCUT2D eigenvalue weighted by atomic mass is 10.1. The molecule has 4 N–H and O–H groups in total. The third kappa shape index (κ3) is 2.51. The van der Waals surface area contributed by atoms with Crippen LogP contribution in [0.15, 0.2) is 24.3 Å². The van der Waals surface area contributed by atoms with E-state index in [1.54, 1.807) is 0 Å². The van der Waals surface area contributed by atoms with Gasteiger partial charge in [0.25, 0.3) is 0 Å². The normalized spacial score (nSPS) is 16.9. The van der Waals surface area contributed by atoms with Crippen molar-refractivity contribution in [3.05, 3.63) is 29.8 Å². The van der Waals surface area contributed by atoms with Gasteiger partial charge in [0.2, 0.25) is 5.91 Å². The van der Waals surface area contributed by atoms with Crippen molar-refractivity contribution in [2.75, 3.05) is 18.0 Å². The van der Waals surface area contributed by atoms with Gasteiger partial charge in [-0.15, -0.1) is 0 Å². The molecule has 1 amide bonds. The Morgan fingerprint density at radius 3 is 2.83 bits per heavy atom. The molecule has 18 heavy (non-hydrogen) atoms. The van der Waals surface area contributed by atoms with Crippen molar-refractivity contribution >= 4 is 17.4 Å². The van der Waals surface area contributed by atoms with Crippen LogP contribution in [0.3, 0.4) is 0 Å². The third-order valence-corrected chi connectivity index (χ3v) is 3.16. The Morgan fingerprint density at radius 1 is 1.39 bits per heavy atom. The van der Waals surface area contributed by atoms with Gasteiger partial charge in [-0.05, 0) is 18.6 Å². The Morgan fingerprint density at radius 2 is 2.11 bits per heavy atom. The smallest absolute Gasteiger partial charge is 0.236 e. The first-order valence-electron chi connectivity index (χ1n) is 6.01. The van der Waals surface area contributed by atoms with Crippen molar-refractivity contribution in [1.29, 1.82) is 0 Å². The number of Topliss-reactive ketones (excluding diaryl/α,β-unsaturated/α-hetero) is 1. The van der Waals surface area contributed by atoms with Gasteiger partial charge < -0.3 is 16.4 Å². The van der Waals surface area contributed by atoms with Crippen molar-refractivity contribution in [2.24, 2.45) is 11.5 Å². The predicted molar refractivity (Wildman–Crippen MR) is 69.4 cm³/mol. The van der Waals surface area contributed by atoms with Gasteiger partial charge in [-0.2, -0.15) is 0 Å². The molecule has 5 heteroatoms. The van der Waals surface area contributed by atoms with E-state index in [9.17, 15) is 9.59 Å². The highest BCUT2D eigenvalue weighted by atomic mass is 16.1. The predicted octanol–water partition coefficient (Wildman–Crippen LogP) is 0.282. The van der Waals surface area contributed by atoms with Crippen LogP contribution in [0.1, 0.15) is 23.2 Å². The number of para-hydroxylation sites is 1. The number of benzene rings is 1. The summed E-state index contributed by atoms with van der Waals surface area (Å²) in [6.45, 7) is 1.06. The molecule has 96 valence electrons. The molecule has 0 saturated carbocycles. The van der Waals surface area contributed by atoms with Crippen molar-refractivity contribution < 1.29 is 9.59 Å². The zero-order valence-electron chi connectivity index (χ0n) is 10.1. The van der Waals surface area contributed by atoms with Gasteiger partial charge in [0.05, 0.1) is 0 Å². The molecule has 5 nitrogen and oxygen atoms in total. The molecule has 1 heterocycles. The van der Waals surface area contributed by atoms with E-state index in [1.165, 1.54) is 0 Å². The zero-order chi connectivity index (χ0) is 13.1. The number of primary amides is 1. The Kier molecular flexibility index (Phi) is 3.62. The number of hydrogen-bond acceptors (Lipinski definition) is 4. The molecular formula is C13H17N3O2. The van der Waals surface area contributed by atoms with Crippen LogP contribution in [0.5, 0.6) is 0 Å². The maximum Gasteiger partial charge on any atom is 0.236 e. The van der Waals surface area contributed by atoms with E-state index < -0.39 is 11.9 Å². The minimum absolute atomic E-state index is 0.140. The average Bonchev–Trinajstić information content (AvgIpc) is 2.51. The summed E-state index contributed by atoms with van der Waals surface area (Å²) in [6.07, 6.45) is 1.29. The molecule has 0 aliphatic carbocycles. The van der Waals surface area contributed by atoms with Crippen LogP contribution in [0, 0.1) is 0 Å². The summed E-state index contributed by atoms with van der Waals surface area (Å²) in [6, 6.07) is 6.69. The first-order valence-corrected chi connectivity index (χ1v) is 6.01. The number of ketones is 1.